The molecule has 0 aliphatic carbocycles. The van der Waals surface area contributed by atoms with Crippen molar-refractivity contribution in [2.45, 2.75) is 51.7 Å². The standard InChI is InChI=1S/C20H26Cl2N2O4/c1-3-8-24(13-25)16-6-9-23(10-7-16)20(27)28-19(14(2)26)12-15-4-5-17(21)18(22)11-15/h4-5,11,13,16,19H,3,6-10,12H2,1-2H3/t19-/m1/s1. The second-order valence-electron chi connectivity index (χ2n) is 7.00. The van der Waals surface area contributed by atoms with Gasteiger partial charge >= 0.3 is 6.09 Å². The number of carbonyl (C=O) groups is 3. The molecule has 0 N–H and O–H groups in total. The number of benzene rings is 1. The molecule has 28 heavy (non-hydrogen) atoms. The second-order valence-corrected chi connectivity index (χ2v) is 7.81. The summed E-state index contributed by atoms with van der Waals surface area (Å²) < 4.78 is 5.47. The molecule has 0 spiro atoms. The number of hydrogen-bond acceptors (Lipinski definition) is 4. The molecule has 2 amide bonds. The number of piperidine rings is 1. The van der Waals surface area contributed by atoms with Crippen LogP contribution in [0.25, 0.3) is 0 Å². The van der Waals surface area contributed by atoms with Crippen molar-refractivity contribution in [3.8, 4) is 0 Å². The topological polar surface area (TPSA) is 66.9 Å². The number of hydrogen-bond donors (Lipinski definition) is 0. The van der Waals surface area contributed by atoms with Crippen LogP contribution in [-0.2, 0) is 20.7 Å². The Morgan fingerprint density at radius 1 is 1.29 bits per heavy atom. The van der Waals surface area contributed by atoms with E-state index in [1.54, 1.807) is 28.0 Å². The summed E-state index contributed by atoms with van der Waals surface area (Å²) in [5.41, 5.74) is 0.766. The van der Waals surface area contributed by atoms with Crippen LogP contribution >= 0.6 is 23.2 Å². The highest BCUT2D eigenvalue weighted by molar-refractivity contribution is 6.42. The fraction of sp³-hybridized carbons (Fsp3) is 0.550. The Morgan fingerprint density at radius 2 is 1.96 bits per heavy atom. The van der Waals surface area contributed by atoms with Crippen LogP contribution in [0.3, 0.4) is 0 Å². The highest BCUT2D eigenvalue weighted by Gasteiger charge is 2.29. The lowest BCUT2D eigenvalue weighted by Crippen LogP contribution is -2.47. The molecule has 0 aromatic heterocycles. The molecule has 1 heterocycles. The molecule has 2 rings (SSSR count). The quantitative estimate of drug-likeness (QED) is 0.587. The maximum atomic E-state index is 12.5. The Morgan fingerprint density at radius 3 is 2.50 bits per heavy atom. The number of amides is 2. The molecule has 154 valence electrons. The molecule has 0 saturated carbocycles. The van der Waals surface area contributed by atoms with Crippen LogP contribution in [0.4, 0.5) is 4.79 Å². The van der Waals surface area contributed by atoms with Crippen molar-refractivity contribution < 1.29 is 19.1 Å². The van der Waals surface area contributed by atoms with Gasteiger partial charge in [-0.05, 0) is 43.9 Å². The zero-order chi connectivity index (χ0) is 20.7. The number of halogens is 2. The predicted octanol–water partition coefficient (Wildman–Crippen LogP) is 3.96. The summed E-state index contributed by atoms with van der Waals surface area (Å²) >= 11 is 11.9. The zero-order valence-electron chi connectivity index (χ0n) is 16.2. The lowest BCUT2D eigenvalue weighted by molar-refractivity contribution is -0.126. The first-order chi connectivity index (χ1) is 13.3. The third-order valence-corrected chi connectivity index (χ3v) is 5.65. The van der Waals surface area contributed by atoms with Gasteiger partial charge in [-0.15, -0.1) is 0 Å². The molecule has 8 heteroatoms. The van der Waals surface area contributed by atoms with Crippen LogP contribution < -0.4 is 0 Å². The van der Waals surface area contributed by atoms with Gasteiger partial charge in [0, 0.05) is 32.1 Å². The van der Waals surface area contributed by atoms with Crippen LogP contribution in [0.2, 0.25) is 10.0 Å². The molecule has 0 unspecified atom stereocenters. The second kappa shape index (κ2) is 10.7. The number of likely N-dealkylation sites (tertiary alicyclic amines) is 1. The first kappa shape index (κ1) is 22.5. The molecule has 1 aromatic carbocycles. The molecule has 6 nitrogen and oxygen atoms in total. The average Bonchev–Trinajstić information content (AvgIpc) is 2.68. The Balaban J connectivity index is 1.93. The Labute approximate surface area is 175 Å². The number of nitrogens with zero attached hydrogens (tertiary/aromatic N) is 2. The number of carbonyl (C=O) groups excluding carboxylic acids is 3. The van der Waals surface area contributed by atoms with Gasteiger partial charge < -0.3 is 14.5 Å². The van der Waals surface area contributed by atoms with Gasteiger partial charge in [0.2, 0.25) is 6.41 Å². The molecule has 0 bridgehead atoms. The summed E-state index contributed by atoms with van der Waals surface area (Å²) in [5.74, 6) is -0.232. The molecular formula is C20H26Cl2N2O4. The fourth-order valence-corrected chi connectivity index (χ4v) is 3.63. The average molecular weight is 429 g/mol. The van der Waals surface area contributed by atoms with Crippen molar-refractivity contribution >= 4 is 41.5 Å². The Bertz CT molecular complexity index is 705. The Kier molecular flexibility index (Phi) is 8.58. The summed E-state index contributed by atoms with van der Waals surface area (Å²) in [6.07, 6.45) is 2.03. The van der Waals surface area contributed by atoms with E-state index in [-0.39, 0.29) is 18.2 Å². The number of ketones is 1. The van der Waals surface area contributed by atoms with Crippen LogP contribution in [0.5, 0.6) is 0 Å². The summed E-state index contributed by atoms with van der Waals surface area (Å²) in [4.78, 5) is 39.1. The minimum absolute atomic E-state index is 0.140. The highest BCUT2D eigenvalue weighted by atomic mass is 35.5. The number of Topliss-reactive ketones (excluding diaryl/α,β-unsaturated/α-hetero) is 1. The molecular weight excluding hydrogens is 403 g/mol. The van der Waals surface area contributed by atoms with Gasteiger partial charge in [-0.3, -0.25) is 9.59 Å². The molecule has 1 fully saturated rings. The van der Waals surface area contributed by atoms with E-state index in [2.05, 4.69) is 0 Å². The molecule has 1 aliphatic rings. The third-order valence-electron chi connectivity index (χ3n) is 4.91. The Hall–Kier alpha value is -1.79. The van der Waals surface area contributed by atoms with Gasteiger partial charge in [0.25, 0.3) is 0 Å². The molecule has 1 aromatic rings. The molecule has 1 atom stereocenters. The fourth-order valence-electron chi connectivity index (χ4n) is 3.30. The minimum Gasteiger partial charge on any atom is -0.438 e. The summed E-state index contributed by atoms with van der Waals surface area (Å²) in [5, 5.41) is 0.818. The summed E-state index contributed by atoms with van der Waals surface area (Å²) in [6.45, 7) is 5.13. The van der Waals surface area contributed by atoms with Crippen molar-refractivity contribution in [3.63, 3.8) is 0 Å². The summed E-state index contributed by atoms with van der Waals surface area (Å²) in [6, 6.07) is 5.21. The zero-order valence-corrected chi connectivity index (χ0v) is 17.7. The van der Waals surface area contributed by atoms with Crippen LogP contribution in [0.15, 0.2) is 18.2 Å². The van der Waals surface area contributed by atoms with E-state index >= 15 is 0 Å². The monoisotopic (exact) mass is 428 g/mol. The van der Waals surface area contributed by atoms with E-state index in [9.17, 15) is 14.4 Å². The van der Waals surface area contributed by atoms with E-state index in [1.165, 1.54) is 6.92 Å². The smallest absolute Gasteiger partial charge is 0.410 e. The van der Waals surface area contributed by atoms with E-state index in [0.717, 1.165) is 18.4 Å². The molecule has 1 saturated heterocycles. The van der Waals surface area contributed by atoms with Crippen LogP contribution in [-0.4, -0.2) is 59.9 Å². The maximum Gasteiger partial charge on any atom is 0.410 e. The molecule has 1 aliphatic heterocycles. The van der Waals surface area contributed by atoms with E-state index in [0.29, 0.717) is 42.5 Å². The van der Waals surface area contributed by atoms with Crippen molar-refractivity contribution in [2.24, 2.45) is 0 Å². The van der Waals surface area contributed by atoms with Gasteiger partial charge in [-0.1, -0.05) is 36.2 Å². The van der Waals surface area contributed by atoms with E-state index in [4.69, 9.17) is 27.9 Å². The number of ether oxygens (including phenoxy) is 1. The van der Waals surface area contributed by atoms with Gasteiger partial charge in [-0.2, -0.15) is 0 Å². The largest absolute Gasteiger partial charge is 0.438 e. The highest BCUT2D eigenvalue weighted by Crippen LogP contribution is 2.24. The summed E-state index contributed by atoms with van der Waals surface area (Å²) in [7, 11) is 0. The van der Waals surface area contributed by atoms with Crippen LogP contribution in [0.1, 0.15) is 38.7 Å². The maximum absolute atomic E-state index is 12.5. The van der Waals surface area contributed by atoms with E-state index in [1.807, 2.05) is 6.92 Å². The van der Waals surface area contributed by atoms with Crippen molar-refractivity contribution in [3.05, 3.63) is 33.8 Å². The van der Waals surface area contributed by atoms with Crippen molar-refractivity contribution in [1.29, 1.82) is 0 Å². The van der Waals surface area contributed by atoms with Gasteiger partial charge in [-0.25, -0.2) is 4.79 Å². The lowest BCUT2D eigenvalue weighted by atomic mass is 10.0. The van der Waals surface area contributed by atoms with E-state index < -0.39 is 12.2 Å². The van der Waals surface area contributed by atoms with Gasteiger partial charge in [0.15, 0.2) is 11.9 Å². The lowest BCUT2D eigenvalue weighted by Gasteiger charge is -2.36. The van der Waals surface area contributed by atoms with Crippen molar-refractivity contribution in [1.82, 2.24) is 9.80 Å². The number of rotatable bonds is 8. The third kappa shape index (κ3) is 6.11. The van der Waals surface area contributed by atoms with Crippen LogP contribution in [0, 0.1) is 0 Å². The first-order valence-corrected chi connectivity index (χ1v) is 10.2. The minimum atomic E-state index is -0.881. The predicted molar refractivity (Wildman–Crippen MR) is 109 cm³/mol. The van der Waals surface area contributed by atoms with Gasteiger partial charge in [0.1, 0.15) is 0 Å². The normalized spacial score (nSPS) is 15.8. The SMILES string of the molecule is CCCN(C=O)C1CCN(C(=O)O[C@H](Cc2ccc(Cl)c(Cl)c2)C(C)=O)CC1. The van der Waals surface area contributed by atoms with Gasteiger partial charge in [0.05, 0.1) is 10.0 Å². The first-order valence-electron chi connectivity index (χ1n) is 9.46. The molecule has 0 radical (unpaired) electrons. The van der Waals surface area contributed by atoms with Crippen molar-refractivity contribution in [2.75, 3.05) is 19.6 Å².